The Morgan fingerprint density at radius 2 is 2.10 bits per heavy atom. The Labute approximate surface area is 133 Å². The maximum absolute atomic E-state index is 13.3. The summed E-state index contributed by atoms with van der Waals surface area (Å²) in [4.78, 5) is 0. The second kappa shape index (κ2) is 6.18. The van der Waals surface area contributed by atoms with Crippen LogP contribution >= 0.6 is 15.9 Å². The predicted octanol–water partition coefficient (Wildman–Crippen LogP) is 5.01. The summed E-state index contributed by atoms with van der Waals surface area (Å²) in [7, 11) is 0. The van der Waals surface area contributed by atoms with Gasteiger partial charge in [-0.1, -0.05) is 40.2 Å². The Balaban J connectivity index is 1.74. The predicted molar refractivity (Wildman–Crippen MR) is 86.9 cm³/mol. The number of alkyl halides is 1. The Bertz CT molecular complexity index is 641. The summed E-state index contributed by atoms with van der Waals surface area (Å²) >= 11 is 3.63. The SMILES string of the molecule is Cc1ccccc1C(CBr)CC1Cc2cc(F)ccc2O1. The van der Waals surface area contributed by atoms with Crippen molar-refractivity contribution in [3.05, 3.63) is 65.0 Å². The maximum Gasteiger partial charge on any atom is 0.123 e. The average Bonchev–Trinajstić information content (AvgIpc) is 2.87. The molecule has 2 unspecified atom stereocenters. The molecule has 2 aromatic carbocycles. The van der Waals surface area contributed by atoms with E-state index in [-0.39, 0.29) is 11.9 Å². The summed E-state index contributed by atoms with van der Waals surface area (Å²) in [6, 6.07) is 13.3. The van der Waals surface area contributed by atoms with Gasteiger partial charge in [-0.2, -0.15) is 0 Å². The third-order valence-electron chi connectivity index (χ3n) is 4.13. The third kappa shape index (κ3) is 3.13. The Hall–Kier alpha value is -1.35. The number of aryl methyl sites for hydroxylation is 1. The molecule has 0 aliphatic carbocycles. The molecule has 2 aromatic rings. The average molecular weight is 349 g/mol. The molecule has 2 atom stereocenters. The van der Waals surface area contributed by atoms with E-state index >= 15 is 0 Å². The highest BCUT2D eigenvalue weighted by atomic mass is 79.9. The number of rotatable bonds is 4. The molecule has 0 saturated carbocycles. The van der Waals surface area contributed by atoms with Crippen molar-refractivity contribution in [1.29, 1.82) is 0 Å². The van der Waals surface area contributed by atoms with Gasteiger partial charge in [0.15, 0.2) is 0 Å². The van der Waals surface area contributed by atoms with Crippen LogP contribution in [-0.4, -0.2) is 11.4 Å². The first-order valence-electron chi connectivity index (χ1n) is 7.24. The topological polar surface area (TPSA) is 9.23 Å². The minimum absolute atomic E-state index is 0.129. The van der Waals surface area contributed by atoms with E-state index in [0.29, 0.717) is 5.92 Å². The van der Waals surface area contributed by atoms with Crippen LogP contribution in [-0.2, 0) is 6.42 Å². The van der Waals surface area contributed by atoms with Crippen molar-refractivity contribution in [3.8, 4) is 5.75 Å². The maximum atomic E-state index is 13.3. The largest absolute Gasteiger partial charge is 0.490 e. The monoisotopic (exact) mass is 348 g/mol. The number of fused-ring (bicyclic) bond motifs is 1. The van der Waals surface area contributed by atoms with E-state index in [1.807, 2.05) is 0 Å². The number of hydrogen-bond acceptors (Lipinski definition) is 1. The first-order chi connectivity index (χ1) is 10.2. The van der Waals surface area contributed by atoms with Crippen molar-refractivity contribution in [2.24, 2.45) is 0 Å². The van der Waals surface area contributed by atoms with Gasteiger partial charge < -0.3 is 4.74 Å². The highest BCUT2D eigenvalue weighted by Gasteiger charge is 2.27. The molecule has 0 bridgehead atoms. The van der Waals surface area contributed by atoms with E-state index in [1.165, 1.54) is 17.2 Å². The van der Waals surface area contributed by atoms with Crippen LogP contribution in [0.5, 0.6) is 5.75 Å². The van der Waals surface area contributed by atoms with E-state index in [1.54, 1.807) is 12.1 Å². The number of benzene rings is 2. The molecule has 110 valence electrons. The highest BCUT2D eigenvalue weighted by Crippen LogP contribution is 2.35. The molecule has 1 aliphatic heterocycles. The van der Waals surface area contributed by atoms with Crippen LogP contribution in [0.4, 0.5) is 4.39 Å². The molecule has 1 heterocycles. The fourth-order valence-corrected chi connectivity index (χ4v) is 3.67. The Morgan fingerprint density at radius 1 is 1.29 bits per heavy atom. The summed E-state index contributed by atoms with van der Waals surface area (Å²) in [6.45, 7) is 2.14. The molecule has 0 radical (unpaired) electrons. The smallest absolute Gasteiger partial charge is 0.123 e. The van der Waals surface area contributed by atoms with Crippen LogP contribution in [0.25, 0.3) is 0 Å². The van der Waals surface area contributed by atoms with E-state index in [0.717, 1.165) is 29.5 Å². The molecule has 0 fully saturated rings. The normalized spacial score (nSPS) is 18.1. The van der Waals surface area contributed by atoms with Gasteiger partial charge in [0.25, 0.3) is 0 Å². The van der Waals surface area contributed by atoms with Crippen LogP contribution in [0.15, 0.2) is 42.5 Å². The molecule has 3 rings (SSSR count). The fraction of sp³-hybridized carbons (Fsp3) is 0.333. The van der Waals surface area contributed by atoms with E-state index < -0.39 is 0 Å². The van der Waals surface area contributed by atoms with Crippen LogP contribution < -0.4 is 4.74 Å². The lowest BCUT2D eigenvalue weighted by molar-refractivity contribution is 0.213. The van der Waals surface area contributed by atoms with Crippen LogP contribution in [0.2, 0.25) is 0 Å². The van der Waals surface area contributed by atoms with Gasteiger partial charge in [0, 0.05) is 17.3 Å². The Kier molecular flexibility index (Phi) is 4.29. The van der Waals surface area contributed by atoms with Crippen LogP contribution in [0.3, 0.4) is 0 Å². The van der Waals surface area contributed by atoms with Gasteiger partial charge >= 0.3 is 0 Å². The molecule has 1 aliphatic rings. The van der Waals surface area contributed by atoms with Crippen molar-refractivity contribution in [2.45, 2.75) is 31.8 Å². The standard InChI is InChI=1S/C18H18BrFO/c1-12-4-2-3-5-17(12)14(11-19)10-16-9-13-8-15(20)6-7-18(13)21-16/h2-8,14,16H,9-11H2,1H3. The van der Waals surface area contributed by atoms with Gasteiger partial charge in [0.05, 0.1) is 0 Å². The third-order valence-corrected chi connectivity index (χ3v) is 4.91. The van der Waals surface area contributed by atoms with Crippen molar-refractivity contribution in [2.75, 3.05) is 5.33 Å². The molecular formula is C18H18BrFO. The lowest BCUT2D eigenvalue weighted by Gasteiger charge is -2.20. The van der Waals surface area contributed by atoms with Gasteiger partial charge in [-0.15, -0.1) is 0 Å². The van der Waals surface area contributed by atoms with Gasteiger partial charge in [0.2, 0.25) is 0 Å². The number of ether oxygens (including phenoxy) is 1. The van der Waals surface area contributed by atoms with E-state index in [2.05, 4.69) is 47.1 Å². The van der Waals surface area contributed by atoms with Crippen LogP contribution in [0, 0.1) is 12.7 Å². The molecule has 1 nitrogen and oxygen atoms in total. The molecule has 0 N–H and O–H groups in total. The second-order valence-electron chi connectivity index (χ2n) is 5.64. The quantitative estimate of drug-likeness (QED) is 0.706. The first kappa shape index (κ1) is 14.6. The first-order valence-corrected chi connectivity index (χ1v) is 8.36. The number of hydrogen-bond donors (Lipinski definition) is 0. The summed E-state index contributed by atoms with van der Waals surface area (Å²) in [5.41, 5.74) is 3.65. The van der Waals surface area contributed by atoms with Gasteiger partial charge in [-0.25, -0.2) is 4.39 Å². The molecule has 0 saturated heterocycles. The molecule has 0 aromatic heterocycles. The lowest BCUT2D eigenvalue weighted by atomic mass is 9.90. The van der Waals surface area contributed by atoms with E-state index in [9.17, 15) is 4.39 Å². The number of halogens is 2. The van der Waals surface area contributed by atoms with Gasteiger partial charge in [-0.3, -0.25) is 0 Å². The molecule has 3 heteroatoms. The zero-order chi connectivity index (χ0) is 14.8. The minimum Gasteiger partial charge on any atom is -0.490 e. The van der Waals surface area contributed by atoms with Crippen LogP contribution in [0.1, 0.15) is 29.0 Å². The van der Waals surface area contributed by atoms with Crippen molar-refractivity contribution < 1.29 is 9.13 Å². The zero-order valence-corrected chi connectivity index (χ0v) is 13.6. The van der Waals surface area contributed by atoms with E-state index in [4.69, 9.17) is 4.74 Å². The summed E-state index contributed by atoms with van der Waals surface area (Å²) in [6.07, 6.45) is 1.86. The summed E-state index contributed by atoms with van der Waals surface area (Å²) < 4.78 is 19.2. The van der Waals surface area contributed by atoms with Crippen molar-refractivity contribution in [1.82, 2.24) is 0 Å². The van der Waals surface area contributed by atoms with Crippen molar-refractivity contribution >= 4 is 15.9 Å². The second-order valence-corrected chi connectivity index (χ2v) is 6.29. The lowest BCUT2D eigenvalue weighted by Crippen LogP contribution is -2.18. The van der Waals surface area contributed by atoms with Crippen molar-refractivity contribution in [3.63, 3.8) is 0 Å². The van der Waals surface area contributed by atoms with Gasteiger partial charge in [-0.05, 0) is 48.6 Å². The summed E-state index contributed by atoms with van der Waals surface area (Å²) in [5.74, 6) is 1.06. The zero-order valence-electron chi connectivity index (χ0n) is 12.0. The minimum atomic E-state index is -0.186. The fourth-order valence-electron chi connectivity index (χ4n) is 3.06. The Morgan fingerprint density at radius 3 is 2.86 bits per heavy atom. The molecule has 21 heavy (non-hydrogen) atoms. The van der Waals surface area contributed by atoms with Gasteiger partial charge in [0.1, 0.15) is 17.7 Å². The summed E-state index contributed by atoms with van der Waals surface area (Å²) in [5, 5.41) is 0.905. The molecular weight excluding hydrogens is 331 g/mol. The molecule has 0 spiro atoms. The molecule has 0 amide bonds. The highest BCUT2D eigenvalue weighted by molar-refractivity contribution is 9.09.